The topological polar surface area (TPSA) is 0 Å². The highest BCUT2D eigenvalue weighted by molar-refractivity contribution is 9.09. The molecule has 3 rings (SSSR count). The van der Waals surface area contributed by atoms with Crippen molar-refractivity contribution in [1.82, 2.24) is 0 Å². The smallest absolute Gasteiger partial charge is 0.0928 e. The maximum atomic E-state index is 3.52. The molecule has 3 aromatic rings. The molecule has 0 N–H and O–H groups in total. The minimum Gasteiger partial charge on any atom is -0.0928 e. The van der Waals surface area contributed by atoms with Crippen LogP contribution in [0.25, 0.3) is 0 Å². The van der Waals surface area contributed by atoms with Gasteiger partial charge in [-0.25, -0.2) is 0 Å². The molecule has 0 nitrogen and oxygen atoms in total. The van der Waals surface area contributed by atoms with Crippen LogP contribution in [0.5, 0.6) is 0 Å². The predicted octanol–water partition coefficient (Wildman–Crippen LogP) is 5.71. The highest BCUT2D eigenvalue weighted by Gasteiger charge is 2.43. The first-order valence-corrected chi connectivity index (χ1v) is 12.2. The largest absolute Gasteiger partial charge is 0.115 e. The molecule has 0 amide bonds. The molecule has 0 spiro atoms. The number of allylic oxidation sites excluding steroid dienone is 2. The van der Waals surface area contributed by atoms with Crippen LogP contribution in [0.2, 0.25) is 0 Å². The number of halogens is 1. The quantitative estimate of drug-likeness (QED) is 0.188. The number of unbranched alkanes of at least 4 members (excludes halogenated alkanes) is 1. The molecule has 26 heavy (non-hydrogen) atoms. The first-order valence-electron chi connectivity index (χ1n) is 9.14. The van der Waals surface area contributed by atoms with Crippen LogP contribution in [-0.4, -0.2) is 11.5 Å². The molecule has 0 radical (unpaired) electrons. The number of hydrogen-bond donors (Lipinski definition) is 0. The van der Waals surface area contributed by atoms with Gasteiger partial charge in [-0.15, -0.1) is 0 Å². The minimum absolute atomic E-state index is 1.06. The van der Waals surface area contributed by atoms with Gasteiger partial charge in [0, 0.05) is 5.33 Å². The van der Waals surface area contributed by atoms with E-state index in [4.69, 9.17) is 0 Å². The Hall–Kier alpha value is -1.69. The summed E-state index contributed by atoms with van der Waals surface area (Å²) in [5, 5.41) is 5.40. The molecule has 0 aliphatic rings. The van der Waals surface area contributed by atoms with Crippen molar-refractivity contribution in [3.8, 4) is 0 Å². The van der Waals surface area contributed by atoms with Gasteiger partial charge in [0.25, 0.3) is 0 Å². The van der Waals surface area contributed by atoms with Crippen molar-refractivity contribution in [1.29, 1.82) is 0 Å². The van der Waals surface area contributed by atoms with Gasteiger partial charge in [-0.1, -0.05) is 82.7 Å². The van der Waals surface area contributed by atoms with Crippen LogP contribution >= 0.6 is 23.2 Å². The summed E-state index contributed by atoms with van der Waals surface area (Å²) in [5.74, 6) is 0. The summed E-state index contributed by atoms with van der Waals surface area (Å²) in [6.07, 6.45) is 8.13. The van der Waals surface area contributed by atoms with E-state index in [0.717, 1.165) is 17.9 Å². The Labute approximate surface area is 166 Å². The Morgan fingerprint density at radius 3 is 1.42 bits per heavy atom. The van der Waals surface area contributed by atoms with Gasteiger partial charge in [0.1, 0.15) is 23.2 Å². The van der Waals surface area contributed by atoms with E-state index in [9.17, 15) is 0 Å². The molecule has 0 aromatic heterocycles. The van der Waals surface area contributed by atoms with E-state index in [1.165, 1.54) is 22.3 Å². The van der Waals surface area contributed by atoms with Gasteiger partial charge in [-0.3, -0.25) is 0 Å². The molecule has 0 fully saturated rings. The first kappa shape index (κ1) is 19.1. The lowest BCUT2D eigenvalue weighted by Crippen LogP contribution is -2.32. The van der Waals surface area contributed by atoms with Gasteiger partial charge in [0.15, 0.2) is 0 Å². The van der Waals surface area contributed by atoms with Crippen molar-refractivity contribution in [3.05, 3.63) is 103 Å². The monoisotopic (exact) mass is 423 g/mol. The van der Waals surface area contributed by atoms with Crippen molar-refractivity contribution >= 4 is 39.1 Å². The lowest BCUT2D eigenvalue weighted by molar-refractivity contribution is 0.977. The number of benzene rings is 3. The molecule has 0 bridgehead atoms. The number of rotatable bonds is 8. The van der Waals surface area contributed by atoms with Gasteiger partial charge in [-0.05, 0) is 49.2 Å². The van der Waals surface area contributed by atoms with Crippen LogP contribution in [0.3, 0.4) is 0 Å². The zero-order chi connectivity index (χ0) is 18.1. The summed E-state index contributed by atoms with van der Waals surface area (Å²) in [6.45, 7) is 0. The SMILES string of the molecule is BrCCCC=CC[P+](c1ccccc1)(c1ccccc1)c1ccccc1. The van der Waals surface area contributed by atoms with Gasteiger partial charge < -0.3 is 0 Å². The summed E-state index contributed by atoms with van der Waals surface area (Å²) < 4.78 is 0. The molecule has 0 saturated carbocycles. The van der Waals surface area contributed by atoms with Crippen LogP contribution in [0.4, 0.5) is 0 Å². The fourth-order valence-corrected chi connectivity index (χ4v) is 7.72. The molecule has 132 valence electrons. The van der Waals surface area contributed by atoms with E-state index in [2.05, 4.69) is 119 Å². The second-order valence-electron chi connectivity index (χ2n) is 6.30. The summed E-state index contributed by atoms with van der Waals surface area (Å²) >= 11 is 3.52. The minimum atomic E-state index is -1.70. The van der Waals surface area contributed by atoms with Crippen molar-refractivity contribution < 1.29 is 0 Å². The Morgan fingerprint density at radius 1 is 0.615 bits per heavy atom. The Kier molecular flexibility index (Phi) is 7.23. The summed E-state index contributed by atoms with van der Waals surface area (Å²) in [5.41, 5.74) is 0. The molecule has 0 aliphatic heterocycles. The predicted molar refractivity (Wildman–Crippen MR) is 122 cm³/mol. The van der Waals surface area contributed by atoms with E-state index in [1.54, 1.807) is 0 Å². The molecule has 0 aliphatic carbocycles. The van der Waals surface area contributed by atoms with Gasteiger partial charge in [-0.2, -0.15) is 0 Å². The first-order chi connectivity index (χ1) is 12.9. The molecule has 0 atom stereocenters. The van der Waals surface area contributed by atoms with Crippen molar-refractivity contribution in [3.63, 3.8) is 0 Å². The fourth-order valence-electron chi connectivity index (χ4n) is 3.36. The second kappa shape index (κ2) is 9.86. The van der Waals surface area contributed by atoms with Crippen LogP contribution < -0.4 is 15.9 Å². The molecular weight excluding hydrogens is 399 g/mol. The average Bonchev–Trinajstić information content (AvgIpc) is 2.73. The lowest BCUT2D eigenvalue weighted by atomic mass is 10.3. The highest BCUT2D eigenvalue weighted by atomic mass is 79.9. The number of alkyl halides is 1. The maximum Gasteiger partial charge on any atom is 0.115 e. The lowest BCUT2D eigenvalue weighted by Gasteiger charge is -2.26. The van der Waals surface area contributed by atoms with Crippen molar-refractivity contribution in [2.45, 2.75) is 12.8 Å². The van der Waals surface area contributed by atoms with Crippen molar-refractivity contribution in [2.24, 2.45) is 0 Å². The van der Waals surface area contributed by atoms with Gasteiger partial charge in [0.2, 0.25) is 0 Å². The summed E-state index contributed by atoms with van der Waals surface area (Å²) in [7, 11) is -1.70. The normalized spacial score (nSPS) is 11.7. The summed E-state index contributed by atoms with van der Waals surface area (Å²) in [6, 6.07) is 33.2. The second-order valence-corrected chi connectivity index (χ2v) is 10.6. The molecule has 0 heterocycles. The van der Waals surface area contributed by atoms with E-state index in [-0.39, 0.29) is 0 Å². The van der Waals surface area contributed by atoms with Crippen LogP contribution in [0.1, 0.15) is 12.8 Å². The van der Waals surface area contributed by atoms with E-state index < -0.39 is 7.26 Å². The average molecular weight is 424 g/mol. The third-order valence-electron chi connectivity index (χ3n) is 4.64. The fraction of sp³-hybridized carbons (Fsp3) is 0.167. The van der Waals surface area contributed by atoms with Gasteiger partial charge >= 0.3 is 0 Å². The number of hydrogen-bond acceptors (Lipinski definition) is 0. The third-order valence-corrected chi connectivity index (χ3v) is 9.50. The van der Waals surface area contributed by atoms with Crippen LogP contribution in [-0.2, 0) is 0 Å². The zero-order valence-corrected chi connectivity index (χ0v) is 17.4. The van der Waals surface area contributed by atoms with Crippen molar-refractivity contribution in [2.75, 3.05) is 11.5 Å². The van der Waals surface area contributed by atoms with Crippen LogP contribution in [0, 0.1) is 0 Å². The van der Waals surface area contributed by atoms with Gasteiger partial charge in [0.05, 0.1) is 6.16 Å². The maximum absolute atomic E-state index is 3.52. The molecule has 3 aromatic carbocycles. The zero-order valence-electron chi connectivity index (χ0n) is 15.0. The molecular formula is C24H25BrP+. The van der Waals surface area contributed by atoms with E-state index in [0.29, 0.717) is 0 Å². The van der Waals surface area contributed by atoms with E-state index in [1.807, 2.05) is 0 Å². The highest BCUT2D eigenvalue weighted by Crippen LogP contribution is 2.55. The standard InChI is InChI=1S/C24H25BrP/c25-20-12-1-2-13-21-26(22-14-6-3-7-15-22,23-16-8-4-9-17-23)24-18-10-5-11-19-24/h2-11,13-19H,1,12,20-21H2/q+1. The van der Waals surface area contributed by atoms with E-state index >= 15 is 0 Å². The van der Waals surface area contributed by atoms with Crippen LogP contribution in [0.15, 0.2) is 103 Å². The summed E-state index contributed by atoms with van der Waals surface area (Å²) in [4.78, 5) is 0. The molecule has 0 saturated heterocycles. The Bertz CT molecular complexity index is 701. The third kappa shape index (κ3) is 4.34. The molecule has 2 heteroatoms. The Balaban J connectivity index is 2.13. The molecule has 0 unspecified atom stereocenters. The Morgan fingerprint density at radius 2 is 1.04 bits per heavy atom.